The van der Waals surface area contributed by atoms with E-state index in [2.05, 4.69) is 15.6 Å². The maximum atomic E-state index is 12.2. The summed E-state index contributed by atoms with van der Waals surface area (Å²) < 4.78 is 0. The third-order valence-corrected chi connectivity index (χ3v) is 4.03. The highest BCUT2D eigenvalue weighted by Crippen LogP contribution is 2.19. The molecule has 0 atom stereocenters. The van der Waals surface area contributed by atoms with Crippen LogP contribution in [0.5, 0.6) is 0 Å². The Labute approximate surface area is 164 Å². The van der Waals surface area contributed by atoms with Gasteiger partial charge in [0.2, 0.25) is 11.8 Å². The number of aromatic nitrogens is 1. The summed E-state index contributed by atoms with van der Waals surface area (Å²) in [5.74, 6) is -0.361. The number of pyridine rings is 1. The van der Waals surface area contributed by atoms with Gasteiger partial charge in [-0.1, -0.05) is 0 Å². The highest BCUT2D eigenvalue weighted by atomic mass is 16.2. The van der Waals surface area contributed by atoms with Crippen molar-refractivity contribution in [2.75, 3.05) is 24.3 Å². The molecule has 1 aromatic carbocycles. The average Bonchev–Trinajstić information content (AvgIpc) is 2.70. The van der Waals surface area contributed by atoms with E-state index in [0.29, 0.717) is 11.3 Å². The van der Waals surface area contributed by atoms with E-state index < -0.39 is 0 Å². The molecular formula is C21H23N5O2. The highest BCUT2D eigenvalue weighted by molar-refractivity contribution is 6.10. The molecule has 0 saturated carbocycles. The molecule has 0 saturated heterocycles. The monoisotopic (exact) mass is 377 g/mol. The van der Waals surface area contributed by atoms with E-state index in [0.717, 1.165) is 16.8 Å². The molecule has 2 rings (SSSR count). The smallest absolute Gasteiger partial charge is 0.248 e. The van der Waals surface area contributed by atoms with Gasteiger partial charge in [0, 0.05) is 74.4 Å². The van der Waals surface area contributed by atoms with E-state index in [1.165, 1.54) is 24.1 Å². The van der Waals surface area contributed by atoms with Crippen LogP contribution in [0.3, 0.4) is 0 Å². The van der Waals surface area contributed by atoms with Crippen LogP contribution in [-0.2, 0) is 9.59 Å². The Morgan fingerprint density at radius 2 is 1.89 bits per heavy atom. The molecule has 7 nitrogen and oxygen atoms in total. The molecule has 0 bridgehead atoms. The van der Waals surface area contributed by atoms with E-state index in [-0.39, 0.29) is 11.8 Å². The van der Waals surface area contributed by atoms with Crippen molar-refractivity contribution in [1.82, 2.24) is 10.3 Å². The standard InChI is InChI=1S/C21H23N5O2/c1-15(27)26(3)19-7-5-18(6-8-19)25-21(28)9-4-16-14-24-11-10-20(16)17(12-22)13-23-2/h4-14,22-23H,1-3H3,(H,25,28)/b9-4+,17-13+,22-12?. The number of anilines is 2. The van der Waals surface area contributed by atoms with Crippen molar-refractivity contribution in [3.05, 3.63) is 66.1 Å². The van der Waals surface area contributed by atoms with Gasteiger partial charge < -0.3 is 20.9 Å². The van der Waals surface area contributed by atoms with Gasteiger partial charge in [-0.25, -0.2) is 0 Å². The fraction of sp³-hybridized carbons (Fsp3) is 0.143. The number of allylic oxidation sites excluding steroid dienone is 1. The van der Waals surface area contributed by atoms with Gasteiger partial charge in [0.05, 0.1) is 0 Å². The summed E-state index contributed by atoms with van der Waals surface area (Å²) in [7, 11) is 3.45. The predicted molar refractivity (Wildman–Crippen MR) is 113 cm³/mol. The van der Waals surface area contributed by atoms with Crippen molar-refractivity contribution in [3.63, 3.8) is 0 Å². The molecule has 0 aliphatic carbocycles. The first-order chi connectivity index (χ1) is 13.5. The fourth-order valence-corrected chi connectivity index (χ4v) is 2.45. The molecular weight excluding hydrogens is 354 g/mol. The predicted octanol–water partition coefficient (Wildman–Crippen LogP) is 2.93. The van der Waals surface area contributed by atoms with Gasteiger partial charge in [-0.15, -0.1) is 0 Å². The summed E-state index contributed by atoms with van der Waals surface area (Å²) in [5, 5.41) is 13.2. The number of hydrogen-bond acceptors (Lipinski definition) is 5. The molecule has 1 aromatic heterocycles. The quantitative estimate of drug-likeness (QED) is 0.510. The summed E-state index contributed by atoms with van der Waals surface area (Å²) in [4.78, 5) is 29.2. The zero-order valence-electron chi connectivity index (χ0n) is 16.1. The molecule has 3 N–H and O–H groups in total. The van der Waals surface area contributed by atoms with Gasteiger partial charge in [0.1, 0.15) is 0 Å². The van der Waals surface area contributed by atoms with Crippen molar-refractivity contribution in [2.45, 2.75) is 6.92 Å². The third kappa shape index (κ3) is 5.38. The van der Waals surface area contributed by atoms with Crippen LogP contribution in [0.25, 0.3) is 11.6 Å². The number of rotatable bonds is 7. The molecule has 0 spiro atoms. The van der Waals surface area contributed by atoms with E-state index in [4.69, 9.17) is 5.41 Å². The first-order valence-corrected chi connectivity index (χ1v) is 8.62. The van der Waals surface area contributed by atoms with Crippen LogP contribution in [0.2, 0.25) is 0 Å². The minimum atomic E-state index is -0.295. The van der Waals surface area contributed by atoms with Gasteiger partial charge in [0.15, 0.2) is 0 Å². The molecule has 2 amide bonds. The van der Waals surface area contributed by atoms with E-state index in [1.54, 1.807) is 69.1 Å². The van der Waals surface area contributed by atoms with Gasteiger partial charge in [-0.05, 0) is 42.0 Å². The Balaban J connectivity index is 2.12. The van der Waals surface area contributed by atoms with Gasteiger partial charge in [-0.3, -0.25) is 14.6 Å². The Morgan fingerprint density at radius 3 is 2.50 bits per heavy atom. The van der Waals surface area contributed by atoms with E-state index in [1.807, 2.05) is 0 Å². The maximum Gasteiger partial charge on any atom is 0.248 e. The van der Waals surface area contributed by atoms with Crippen LogP contribution >= 0.6 is 0 Å². The minimum absolute atomic E-state index is 0.0661. The van der Waals surface area contributed by atoms with Crippen molar-refractivity contribution >= 4 is 41.1 Å². The van der Waals surface area contributed by atoms with Gasteiger partial charge in [-0.2, -0.15) is 0 Å². The molecule has 7 heteroatoms. The number of hydrogen-bond donors (Lipinski definition) is 3. The number of amides is 2. The lowest BCUT2D eigenvalue weighted by atomic mass is 10.0. The Hall–Kier alpha value is -3.74. The van der Waals surface area contributed by atoms with Crippen LogP contribution in [0.15, 0.2) is 55.0 Å². The summed E-state index contributed by atoms with van der Waals surface area (Å²) in [6.45, 7) is 1.49. The van der Waals surface area contributed by atoms with Gasteiger partial charge >= 0.3 is 0 Å². The van der Waals surface area contributed by atoms with Crippen LogP contribution in [-0.4, -0.2) is 37.1 Å². The molecule has 2 aromatic rings. The largest absolute Gasteiger partial charge is 0.393 e. The SMILES string of the molecule is CN/C=C(\C=N)c1ccncc1/C=C/C(=O)Nc1ccc(N(C)C(C)=O)cc1. The third-order valence-electron chi connectivity index (χ3n) is 4.03. The highest BCUT2D eigenvalue weighted by Gasteiger charge is 2.07. The first-order valence-electron chi connectivity index (χ1n) is 8.62. The average molecular weight is 377 g/mol. The Morgan fingerprint density at radius 1 is 1.18 bits per heavy atom. The Bertz CT molecular complexity index is 917. The van der Waals surface area contributed by atoms with Crippen molar-refractivity contribution in [1.29, 1.82) is 5.41 Å². The van der Waals surface area contributed by atoms with E-state index >= 15 is 0 Å². The molecule has 0 aliphatic rings. The van der Waals surface area contributed by atoms with E-state index in [9.17, 15) is 9.59 Å². The fourth-order valence-electron chi connectivity index (χ4n) is 2.45. The lowest BCUT2D eigenvalue weighted by Gasteiger charge is -2.15. The van der Waals surface area contributed by atoms with Crippen LogP contribution < -0.4 is 15.5 Å². The summed E-state index contributed by atoms with van der Waals surface area (Å²) in [5.41, 5.74) is 3.56. The number of carbonyl (C=O) groups excluding carboxylic acids is 2. The zero-order valence-corrected chi connectivity index (χ0v) is 16.1. The number of benzene rings is 1. The molecule has 0 unspecified atom stereocenters. The van der Waals surface area contributed by atoms with Crippen molar-refractivity contribution in [2.24, 2.45) is 0 Å². The normalized spacial score (nSPS) is 11.2. The van der Waals surface area contributed by atoms with Crippen LogP contribution in [0, 0.1) is 5.41 Å². The summed E-state index contributed by atoms with van der Waals surface area (Å²) >= 11 is 0. The maximum absolute atomic E-state index is 12.2. The Kier molecular flexibility index (Phi) is 7.21. The second-order valence-corrected chi connectivity index (χ2v) is 5.94. The topological polar surface area (TPSA) is 98.2 Å². The first kappa shape index (κ1) is 20.6. The van der Waals surface area contributed by atoms with Crippen molar-refractivity contribution < 1.29 is 9.59 Å². The molecule has 0 radical (unpaired) electrons. The number of nitrogens with one attached hydrogen (secondary N) is 3. The zero-order chi connectivity index (χ0) is 20.5. The second-order valence-electron chi connectivity index (χ2n) is 5.94. The molecule has 28 heavy (non-hydrogen) atoms. The second kappa shape index (κ2) is 9.82. The summed E-state index contributed by atoms with van der Waals surface area (Å²) in [6.07, 6.45) is 9.29. The lowest BCUT2D eigenvalue weighted by molar-refractivity contribution is -0.116. The van der Waals surface area contributed by atoms with Crippen LogP contribution in [0.1, 0.15) is 18.1 Å². The molecule has 144 valence electrons. The van der Waals surface area contributed by atoms with Crippen molar-refractivity contribution in [3.8, 4) is 0 Å². The number of nitrogens with zero attached hydrogens (tertiary/aromatic N) is 2. The van der Waals surface area contributed by atoms with Crippen LogP contribution in [0.4, 0.5) is 11.4 Å². The molecule has 0 aliphatic heterocycles. The minimum Gasteiger partial charge on any atom is -0.393 e. The number of carbonyl (C=O) groups is 2. The molecule has 1 heterocycles. The molecule has 0 fully saturated rings. The lowest BCUT2D eigenvalue weighted by Crippen LogP contribution is -2.22. The van der Waals surface area contributed by atoms with Gasteiger partial charge in [0.25, 0.3) is 0 Å². The summed E-state index contributed by atoms with van der Waals surface area (Å²) in [6, 6.07) is 8.78.